The van der Waals surface area contributed by atoms with Crippen molar-refractivity contribution in [2.75, 3.05) is 19.0 Å². The van der Waals surface area contributed by atoms with Gasteiger partial charge in [-0.25, -0.2) is 4.79 Å². The average molecular weight is 332 g/mol. The molecule has 0 aromatic heterocycles. The number of hydrogen-bond donors (Lipinski definition) is 0. The molecule has 1 aliphatic rings. The van der Waals surface area contributed by atoms with Crippen LogP contribution in [0.25, 0.3) is 5.57 Å². The first-order valence-corrected chi connectivity index (χ1v) is 7.47. The Balaban J connectivity index is 2.81. The highest BCUT2D eigenvalue weighted by atomic mass is 16.6. The van der Waals surface area contributed by atoms with E-state index in [4.69, 9.17) is 4.74 Å². The van der Waals surface area contributed by atoms with Gasteiger partial charge in [-0.05, 0) is 31.5 Å². The first kappa shape index (κ1) is 17.8. The van der Waals surface area contributed by atoms with Crippen LogP contribution >= 0.6 is 0 Å². The second-order valence-corrected chi connectivity index (χ2v) is 6.18. The van der Waals surface area contributed by atoms with Crippen LogP contribution in [0, 0.1) is 34.0 Å². The largest absolute Gasteiger partial charge is 0.451 e. The number of hydrogen-bond acceptors (Lipinski definition) is 6. The number of nitrogens with zero attached hydrogens (tertiary/aromatic N) is 4. The van der Waals surface area contributed by atoms with Gasteiger partial charge >= 0.3 is 5.97 Å². The second kappa shape index (κ2) is 6.51. The van der Waals surface area contributed by atoms with Crippen LogP contribution in [-0.2, 0) is 9.53 Å². The van der Waals surface area contributed by atoms with Crippen LogP contribution in [0.5, 0.6) is 0 Å². The van der Waals surface area contributed by atoms with Crippen molar-refractivity contribution < 1.29 is 9.53 Å². The van der Waals surface area contributed by atoms with Gasteiger partial charge in [0.1, 0.15) is 35.0 Å². The Kier molecular flexibility index (Phi) is 4.63. The molecule has 6 heteroatoms. The van der Waals surface area contributed by atoms with Crippen molar-refractivity contribution in [2.24, 2.45) is 0 Å². The Morgan fingerprint density at radius 2 is 1.64 bits per heavy atom. The average Bonchev–Trinajstić information content (AvgIpc) is 2.80. The number of rotatable bonds is 3. The first-order valence-electron chi connectivity index (χ1n) is 7.47. The lowest BCUT2D eigenvalue weighted by Gasteiger charge is -2.24. The van der Waals surface area contributed by atoms with Gasteiger partial charge in [-0.15, -0.1) is 0 Å². The number of esters is 1. The number of anilines is 1. The molecule has 0 aliphatic carbocycles. The van der Waals surface area contributed by atoms with Gasteiger partial charge in [0.25, 0.3) is 0 Å². The van der Waals surface area contributed by atoms with Crippen LogP contribution in [0.1, 0.15) is 19.4 Å². The van der Waals surface area contributed by atoms with E-state index in [-0.39, 0.29) is 22.3 Å². The summed E-state index contributed by atoms with van der Waals surface area (Å²) in [5.41, 5.74) is 0.546. The minimum atomic E-state index is -1.11. The summed E-state index contributed by atoms with van der Waals surface area (Å²) in [5, 5.41) is 28.1. The summed E-state index contributed by atoms with van der Waals surface area (Å²) in [6.07, 6.45) is 0. The van der Waals surface area contributed by atoms with Crippen molar-refractivity contribution in [1.82, 2.24) is 0 Å². The molecule has 25 heavy (non-hydrogen) atoms. The monoisotopic (exact) mass is 332 g/mol. The molecule has 1 heterocycles. The Hall–Kier alpha value is -3.56. The Labute approximate surface area is 146 Å². The van der Waals surface area contributed by atoms with E-state index in [1.54, 1.807) is 26.0 Å². The first-order chi connectivity index (χ1) is 11.8. The normalized spacial score (nSPS) is 14.8. The standard InChI is InChI=1S/C19H16N4O2/c1-19(2)17(15(11-22)18(24)25-19)16(13(9-20)10-21)12-5-7-14(8-6-12)23(3)4/h5-8H,1-4H3. The van der Waals surface area contributed by atoms with E-state index in [0.717, 1.165) is 5.69 Å². The third-order valence-corrected chi connectivity index (χ3v) is 3.91. The summed E-state index contributed by atoms with van der Waals surface area (Å²) in [7, 11) is 3.79. The minimum absolute atomic E-state index is 0.174. The molecule has 1 aromatic carbocycles. The van der Waals surface area contributed by atoms with E-state index in [2.05, 4.69) is 0 Å². The molecule has 6 nitrogen and oxygen atoms in total. The maximum Gasteiger partial charge on any atom is 0.350 e. The van der Waals surface area contributed by atoms with E-state index >= 15 is 0 Å². The molecule has 0 fully saturated rings. The maximum absolute atomic E-state index is 12.0. The molecule has 124 valence electrons. The van der Waals surface area contributed by atoms with Crippen LogP contribution in [0.15, 0.2) is 41.0 Å². The lowest BCUT2D eigenvalue weighted by molar-refractivity contribution is -0.144. The van der Waals surface area contributed by atoms with Gasteiger partial charge in [0, 0.05) is 30.9 Å². The molecule has 0 spiro atoms. The van der Waals surface area contributed by atoms with Gasteiger partial charge in [-0.3, -0.25) is 0 Å². The number of allylic oxidation sites excluding steroid dienone is 1. The second-order valence-electron chi connectivity index (χ2n) is 6.18. The van der Waals surface area contributed by atoms with Crippen molar-refractivity contribution in [3.8, 4) is 18.2 Å². The summed E-state index contributed by atoms with van der Waals surface area (Å²) in [4.78, 5) is 13.9. The molecular formula is C19H16N4O2. The summed E-state index contributed by atoms with van der Waals surface area (Å²) < 4.78 is 5.27. The smallest absolute Gasteiger partial charge is 0.350 e. The SMILES string of the molecule is CN(C)c1ccc(C(=C(C#N)C#N)C2=C(C#N)C(=O)OC2(C)C)cc1. The van der Waals surface area contributed by atoms with Crippen molar-refractivity contribution in [3.05, 3.63) is 46.5 Å². The third-order valence-electron chi connectivity index (χ3n) is 3.91. The highest BCUT2D eigenvalue weighted by Gasteiger charge is 2.43. The molecule has 0 amide bonds. The fraction of sp³-hybridized carbons (Fsp3) is 0.263. The molecule has 1 aliphatic heterocycles. The van der Waals surface area contributed by atoms with Gasteiger partial charge in [0.2, 0.25) is 0 Å². The molecule has 0 unspecified atom stereocenters. The minimum Gasteiger partial charge on any atom is -0.451 e. The molecule has 0 N–H and O–H groups in total. The lowest BCUT2D eigenvalue weighted by Crippen LogP contribution is -2.24. The Bertz CT molecular complexity index is 898. The zero-order valence-electron chi connectivity index (χ0n) is 14.4. The van der Waals surface area contributed by atoms with Crippen LogP contribution < -0.4 is 4.90 Å². The number of benzene rings is 1. The number of carbonyl (C=O) groups excluding carboxylic acids is 1. The number of carbonyl (C=O) groups is 1. The quantitative estimate of drug-likeness (QED) is 0.623. The lowest BCUT2D eigenvalue weighted by atomic mass is 9.83. The van der Waals surface area contributed by atoms with Crippen LogP contribution in [0.3, 0.4) is 0 Å². The van der Waals surface area contributed by atoms with Crippen LogP contribution in [0.2, 0.25) is 0 Å². The van der Waals surface area contributed by atoms with Crippen molar-refractivity contribution in [2.45, 2.75) is 19.4 Å². The van der Waals surface area contributed by atoms with Crippen molar-refractivity contribution >= 4 is 17.2 Å². The van der Waals surface area contributed by atoms with E-state index < -0.39 is 11.6 Å². The van der Waals surface area contributed by atoms with Crippen LogP contribution in [-0.4, -0.2) is 25.7 Å². The van der Waals surface area contributed by atoms with Crippen molar-refractivity contribution in [3.63, 3.8) is 0 Å². The van der Waals surface area contributed by atoms with Gasteiger partial charge in [-0.1, -0.05) is 12.1 Å². The highest BCUT2D eigenvalue weighted by Crippen LogP contribution is 2.42. The third kappa shape index (κ3) is 3.09. The fourth-order valence-corrected chi connectivity index (χ4v) is 2.74. The molecule has 2 rings (SSSR count). The zero-order valence-corrected chi connectivity index (χ0v) is 14.4. The zero-order chi connectivity index (χ0) is 18.8. The number of cyclic esters (lactones) is 1. The molecule has 0 atom stereocenters. The molecular weight excluding hydrogens is 316 g/mol. The maximum atomic E-state index is 12.0. The van der Waals surface area contributed by atoms with E-state index in [9.17, 15) is 20.6 Å². The topological polar surface area (TPSA) is 101 Å². The fourth-order valence-electron chi connectivity index (χ4n) is 2.74. The van der Waals surface area contributed by atoms with E-state index in [1.807, 2.05) is 49.3 Å². The summed E-state index contributed by atoms with van der Waals surface area (Å²) in [6, 6.07) is 12.7. The molecule has 1 aromatic rings. The summed E-state index contributed by atoms with van der Waals surface area (Å²) in [5.74, 6) is -0.750. The van der Waals surface area contributed by atoms with E-state index in [0.29, 0.717) is 5.56 Å². The molecule has 0 radical (unpaired) electrons. The number of ether oxygens (including phenoxy) is 1. The Morgan fingerprint density at radius 3 is 2.08 bits per heavy atom. The van der Waals surface area contributed by atoms with Gasteiger partial charge in [-0.2, -0.15) is 15.8 Å². The van der Waals surface area contributed by atoms with Crippen LogP contribution in [0.4, 0.5) is 5.69 Å². The van der Waals surface area contributed by atoms with E-state index in [1.165, 1.54) is 0 Å². The highest BCUT2D eigenvalue weighted by molar-refractivity contribution is 6.04. The Morgan fingerprint density at radius 1 is 1.08 bits per heavy atom. The molecule has 0 saturated heterocycles. The predicted molar refractivity (Wildman–Crippen MR) is 91.7 cm³/mol. The summed E-state index contributed by atoms with van der Waals surface area (Å²) in [6.45, 7) is 3.26. The predicted octanol–water partition coefficient (Wildman–Crippen LogP) is 2.71. The van der Waals surface area contributed by atoms with Gasteiger partial charge in [0.05, 0.1) is 0 Å². The van der Waals surface area contributed by atoms with Gasteiger partial charge < -0.3 is 9.64 Å². The van der Waals surface area contributed by atoms with Gasteiger partial charge in [0.15, 0.2) is 0 Å². The molecule has 0 saturated carbocycles. The summed E-state index contributed by atoms with van der Waals surface area (Å²) >= 11 is 0. The molecule has 0 bridgehead atoms. The van der Waals surface area contributed by atoms with Crippen molar-refractivity contribution in [1.29, 1.82) is 15.8 Å². The number of nitriles is 3.